The van der Waals surface area contributed by atoms with E-state index in [1.165, 1.54) is 25.3 Å². The van der Waals surface area contributed by atoms with Gasteiger partial charge in [0.15, 0.2) is 0 Å². The fourth-order valence-corrected chi connectivity index (χ4v) is 4.62. The van der Waals surface area contributed by atoms with E-state index in [0.29, 0.717) is 12.0 Å². The first-order chi connectivity index (χ1) is 11.8. The molecule has 0 spiro atoms. The summed E-state index contributed by atoms with van der Waals surface area (Å²) in [6.07, 6.45) is -0.411. The van der Waals surface area contributed by atoms with Crippen molar-refractivity contribution >= 4 is 16.0 Å². The number of rotatable bonds is 4. The van der Waals surface area contributed by atoms with E-state index in [-0.39, 0.29) is 10.5 Å². The number of nitrogens with one attached hydrogen (secondary N) is 1. The summed E-state index contributed by atoms with van der Waals surface area (Å²) >= 11 is 0. The minimum absolute atomic E-state index is 0.0664. The van der Waals surface area contributed by atoms with Crippen LogP contribution in [0.4, 0.5) is 0 Å². The molecular weight excluding hydrogens is 342 g/mol. The maximum atomic E-state index is 12.8. The van der Waals surface area contributed by atoms with Crippen molar-refractivity contribution in [3.63, 3.8) is 0 Å². The summed E-state index contributed by atoms with van der Waals surface area (Å²) in [5.74, 6) is -0.528. The van der Waals surface area contributed by atoms with Crippen LogP contribution in [-0.4, -0.2) is 32.7 Å². The molecule has 0 aromatic heterocycles. The Hall–Kier alpha value is -2.22. The number of aryl methyl sites for hydroxylation is 1. The molecule has 0 aliphatic heterocycles. The van der Waals surface area contributed by atoms with Gasteiger partial charge in [0.1, 0.15) is 0 Å². The molecule has 0 saturated carbocycles. The summed E-state index contributed by atoms with van der Waals surface area (Å²) in [5, 5.41) is 10.3. The highest BCUT2D eigenvalue weighted by Gasteiger charge is 2.34. The Bertz CT molecular complexity index is 923. The zero-order valence-corrected chi connectivity index (χ0v) is 14.7. The molecule has 2 aromatic rings. The normalized spacial score (nSPS) is 19.5. The molecule has 132 valence electrons. The monoisotopic (exact) mass is 361 g/mol. The number of methoxy groups -OCH3 is 1. The van der Waals surface area contributed by atoms with Crippen LogP contribution in [0.2, 0.25) is 0 Å². The average molecular weight is 361 g/mol. The van der Waals surface area contributed by atoms with Crippen LogP contribution in [0.1, 0.15) is 33.1 Å². The third-order valence-corrected chi connectivity index (χ3v) is 5.97. The van der Waals surface area contributed by atoms with Crippen LogP contribution in [0.15, 0.2) is 47.4 Å². The molecule has 0 bridgehead atoms. The van der Waals surface area contributed by atoms with Gasteiger partial charge < -0.3 is 9.84 Å². The van der Waals surface area contributed by atoms with E-state index < -0.39 is 28.1 Å². The standard InChI is InChI=1S/C18H19NO5S/c1-11-9-13(18(21)24-2)7-8-16(11)25(22,23)19-17-14-6-4-3-5-12(14)10-15(17)20/h3-9,15,17,19-20H,10H2,1-2H3/t15-,17+/m1/s1. The zero-order chi connectivity index (χ0) is 18.2. The second kappa shape index (κ2) is 6.59. The predicted molar refractivity (Wildman–Crippen MR) is 91.7 cm³/mol. The molecule has 25 heavy (non-hydrogen) atoms. The SMILES string of the molecule is COC(=O)c1ccc(S(=O)(=O)N[C@H]2c3ccccc3C[C@H]2O)c(C)c1. The summed E-state index contributed by atoms with van der Waals surface area (Å²) in [5.41, 5.74) is 2.42. The second-order valence-electron chi connectivity index (χ2n) is 6.04. The van der Waals surface area contributed by atoms with Gasteiger partial charge in [-0.2, -0.15) is 0 Å². The van der Waals surface area contributed by atoms with Gasteiger partial charge in [-0.25, -0.2) is 17.9 Å². The van der Waals surface area contributed by atoms with Gasteiger partial charge in [-0.05, 0) is 41.8 Å². The predicted octanol–water partition coefficient (Wildman–Crippen LogP) is 1.72. The number of benzene rings is 2. The summed E-state index contributed by atoms with van der Waals surface area (Å²) in [6.45, 7) is 1.61. The van der Waals surface area contributed by atoms with Crippen LogP contribution in [0, 0.1) is 6.92 Å². The van der Waals surface area contributed by atoms with E-state index in [2.05, 4.69) is 9.46 Å². The van der Waals surface area contributed by atoms with Gasteiger partial charge in [-0.15, -0.1) is 0 Å². The van der Waals surface area contributed by atoms with Crippen LogP contribution in [0.3, 0.4) is 0 Å². The first-order valence-corrected chi connectivity index (χ1v) is 9.29. The molecule has 0 saturated heterocycles. The van der Waals surface area contributed by atoms with Gasteiger partial charge in [0.05, 0.1) is 29.7 Å². The fraction of sp³-hybridized carbons (Fsp3) is 0.278. The molecule has 6 nitrogen and oxygen atoms in total. The van der Waals surface area contributed by atoms with Crippen LogP contribution < -0.4 is 4.72 Å². The number of sulfonamides is 1. The van der Waals surface area contributed by atoms with Crippen LogP contribution in [0.5, 0.6) is 0 Å². The largest absolute Gasteiger partial charge is 0.465 e. The van der Waals surface area contributed by atoms with Gasteiger partial charge in [0.2, 0.25) is 10.0 Å². The van der Waals surface area contributed by atoms with E-state index in [4.69, 9.17) is 0 Å². The van der Waals surface area contributed by atoms with Crippen molar-refractivity contribution in [2.45, 2.75) is 30.4 Å². The molecule has 0 fully saturated rings. The molecular formula is C18H19NO5S. The smallest absolute Gasteiger partial charge is 0.337 e. The first-order valence-electron chi connectivity index (χ1n) is 7.80. The third kappa shape index (κ3) is 3.30. The van der Waals surface area contributed by atoms with Crippen molar-refractivity contribution in [1.29, 1.82) is 0 Å². The Kier molecular flexibility index (Phi) is 4.64. The van der Waals surface area contributed by atoms with Gasteiger partial charge >= 0.3 is 5.97 Å². The molecule has 0 unspecified atom stereocenters. The number of esters is 1. The lowest BCUT2D eigenvalue weighted by Crippen LogP contribution is -2.34. The molecule has 2 aromatic carbocycles. The summed E-state index contributed by atoms with van der Waals surface area (Å²) in [7, 11) is -2.59. The quantitative estimate of drug-likeness (QED) is 0.809. The van der Waals surface area contributed by atoms with Gasteiger partial charge in [0.25, 0.3) is 0 Å². The molecule has 0 heterocycles. The lowest BCUT2D eigenvalue weighted by atomic mass is 10.1. The number of hydrogen-bond donors (Lipinski definition) is 2. The van der Waals surface area contributed by atoms with E-state index in [1.54, 1.807) is 6.92 Å². The topological polar surface area (TPSA) is 92.7 Å². The van der Waals surface area contributed by atoms with E-state index in [0.717, 1.165) is 11.1 Å². The van der Waals surface area contributed by atoms with Crippen molar-refractivity contribution in [3.05, 3.63) is 64.7 Å². The molecule has 7 heteroatoms. The highest BCUT2D eigenvalue weighted by Crippen LogP contribution is 2.32. The minimum atomic E-state index is -3.86. The Morgan fingerprint density at radius 1 is 1.24 bits per heavy atom. The van der Waals surface area contributed by atoms with Crippen molar-refractivity contribution < 1.29 is 23.1 Å². The molecule has 1 aliphatic carbocycles. The molecule has 0 radical (unpaired) electrons. The highest BCUT2D eigenvalue weighted by molar-refractivity contribution is 7.89. The highest BCUT2D eigenvalue weighted by atomic mass is 32.2. The number of fused-ring (bicyclic) bond motifs is 1. The summed E-state index contributed by atoms with van der Waals surface area (Å²) in [4.78, 5) is 11.6. The lowest BCUT2D eigenvalue weighted by Gasteiger charge is -2.19. The number of aliphatic hydroxyl groups excluding tert-OH is 1. The number of ether oxygens (including phenoxy) is 1. The van der Waals surface area contributed by atoms with Crippen molar-refractivity contribution in [3.8, 4) is 0 Å². The van der Waals surface area contributed by atoms with Gasteiger partial charge in [-0.3, -0.25) is 0 Å². The average Bonchev–Trinajstić information content (AvgIpc) is 2.89. The van der Waals surface area contributed by atoms with Crippen LogP contribution in [-0.2, 0) is 21.2 Å². The number of hydrogen-bond acceptors (Lipinski definition) is 5. The van der Waals surface area contributed by atoms with Crippen LogP contribution >= 0.6 is 0 Å². The summed E-state index contributed by atoms with van der Waals surface area (Å²) < 4.78 is 32.8. The van der Waals surface area contributed by atoms with Gasteiger partial charge in [0, 0.05) is 6.42 Å². The maximum Gasteiger partial charge on any atom is 0.337 e. The lowest BCUT2D eigenvalue weighted by molar-refractivity contribution is 0.0600. The molecule has 0 amide bonds. The fourth-order valence-electron chi connectivity index (χ4n) is 3.14. The second-order valence-corrected chi connectivity index (χ2v) is 7.72. The summed E-state index contributed by atoms with van der Waals surface area (Å²) in [6, 6.07) is 10.9. The molecule has 2 N–H and O–H groups in total. The van der Waals surface area contributed by atoms with Crippen molar-refractivity contribution in [1.82, 2.24) is 4.72 Å². The third-order valence-electron chi connectivity index (χ3n) is 4.37. The maximum absolute atomic E-state index is 12.8. The Labute approximate surface area is 146 Å². The van der Waals surface area contributed by atoms with Crippen molar-refractivity contribution in [2.75, 3.05) is 7.11 Å². The first kappa shape index (κ1) is 17.6. The zero-order valence-electron chi connectivity index (χ0n) is 13.9. The molecule has 1 aliphatic rings. The number of carbonyl (C=O) groups is 1. The number of aliphatic hydroxyl groups is 1. The van der Waals surface area contributed by atoms with Crippen molar-refractivity contribution in [2.24, 2.45) is 0 Å². The molecule has 3 rings (SSSR count). The Morgan fingerprint density at radius 2 is 1.96 bits per heavy atom. The molecule has 2 atom stereocenters. The Morgan fingerprint density at radius 3 is 2.64 bits per heavy atom. The van der Waals surface area contributed by atoms with E-state index >= 15 is 0 Å². The Balaban J connectivity index is 1.92. The number of carbonyl (C=O) groups excluding carboxylic acids is 1. The van der Waals surface area contributed by atoms with Gasteiger partial charge in [-0.1, -0.05) is 24.3 Å². The van der Waals surface area contributed by atoms with Crippen LogP contribution in [0.25, 0.3) is 0 Å². The minimum Gasteiger partial charge on any atom is -0.465 e. The van der Waals surface area contributed by atoms with E-state index in [9.17, 15) is 18.3 Å². The van der Waals surface area contributed by atoms with E-state index in [1.807, 2.05) is 24.3 Å².